The highest BCUT2D eigenvalue weighted by atomic mass is 35.5. The van der Waals surface area contributed by atoms with E-state index < -0.39 is 0 Å². The summed E-state index contributed by atoms with van der Waals surface area (Å²) in [6.07, 6.45) is 1.15. The van der Waals surface area contributed by atoms with Crippen molar-refractivity contribution in [3.05, 3.63) is 0 Å². The largest absolute Gasteiger partial charge is 0.376 e. The molecule has 0 aliphatic carbocycles. The maximum Gasteiger partial charge on any atom is 0.0821 e. The van der Waals surface area contributed by atoms with E-state index in [-0.39, 0.29) is 6.10 Å². The van der Waals surface area contributed by atoms with Crippen LogP contribution in [0.3, 0.4) is 0 Å². The average Bonchev–Trinajstić information content (AvgIpc) is 1.91. The summed E-state index contributed by atoms with van der Waals surface area (Å²) in [5, 5.41) is 0. The zero-order valence-corrected chi connectivity index (χ0v) is 6.06. The van der Waals surface area contributed by atoms with E-state index in [2.05, 4.69) is 0 Å². The normalized spacial score (nSPS) is 28.3. The lowest BCUT2D eigenvalue weighted by atomic mass is 10.3. The number of rotatable bonds is 2. The van der Waals surface area contributed by atoms with Crippen molar-refractivity contribution in [2.45, 2.75) is 12.5 Å². The molecule has 1 heterocycles. The van der Waals surface area contributed by atoms with Gasteiger partial charge in [-0.1, -0.05) is 0 Å². The average molecular weight is 151 g/mol. The summed E-state index contributed by atoms with van der Waals surface area (Å²) in [6.45, 7) is 2.17. The molecule has 1 rings (SSSR count). The fourth-order valence-electron chi connectivity index (χ4n) is 0.825. The molecule has 9 heavy (non-hydrogen) atoms. The summed E-state index contributed by atoms with van der Waals surface area (Å²) >= 11 is 5.50. The first-order valence-electron chi connectivity index (χ1n) is 3.19. The highest BCUT2D eigenvalue weighted by Crippen LogP contribution is 2.05. The summed E-state index contributed by atoms with van der Waals surface area (Å²) < 4.78 is 10.5. The molecule has 1 aliphatic rings. The van der Waals surface area contributed by atoms with E-state index in [1.54, 1.807) is 0 Å². The lowest BCUT2D eigenvalue weighted by molar-refractivity contribution is -0.0884. The first-order valence-corrected chi connectivity index (χ1v) is 3.72. The predicted octanol–water partition coefficient (Wildman–Crippen LogP) is 1.03. The molecule has 0 amide bonds. The third-order valence-electron chi connectivity index (χ3n) is 1.32. The Bertz CT molecular complexity index is 68.7. The molecule has 1 atom stereocenters. The summed E-state index contributed by atoms with van der Waals surface area (Å²) in [4.78, 5) is 0. The van der Waals surface area contributed by atoms with Gasteiger partial charge in [-0.05, 0) is 6.42 Å². The van der Waals surface area contributed by atoms with Crippen molar-refractivity contribution >= 4 is 11.6 Å². The van der Waals surface area contributed by atoms with Crippen LogP contribution in [-0.2, 0) is 9.47 Å². The summed E-state index contributed by atoms with van der Waals surface area (Å²) in [6, 6.07) is 0. The smallest absolute Gasteiger partial charge is 0.0821 e. The third kappa shape index (κ3) is 2.52. The number of halogens is 1. The lowest BCUT2D eigenvalue weighted by Crippen LogP contribution is -2.28. The van der Waals surface area contributed by atoms with Crippen molar-refractivity contribution in [2.75, 3.05) is 25.7 Å². The fourth-order valence-corrected chi connectivity index (χ4v) is 1.07. The van der Waals surface area contributed by atoms with Gasteiger partial charge >= 0.3 is 0 Å². The van der Waals surface area contributed by atoms with Crippen molar-refractivity contribution in [3.8, 4) is 0 Å². The number of ether oxygens (including phenoxy) is 2. The van der Waals surface area contributed by atoms with E-state index in [9.17, 15) is 0 Å². The zero-order chi connectivity index (χ0) is 6.53. The molecule has 0 saturated carbocycles. The molecule has 1 saturated heterocycles. The van der Waals surface area contributed by atoms with Crippen molar-refractivity contribution < 1.29 is 9.47 Å². The number of alkyl halides is 1. The van der Waals surface area contributed by atoms with E-state index in [1.807, 2.05) is 0 Å². The molecular formula is C6H11ClO2. The number of hydrogen-bond donors (Lipinski definition) is 0. The Balaban J connectivity index is 2.08. The van der Waals surface area contributed by atoms with E-state index in [0.29, 0.717) is 12.5 Å². The van der Waals surface area contributed by atoms with Crippen LogP contribution in [0.15, 0.2) is 0 Å². The molecule has 0 aromatic heterocycles. The minimum Gasteiger partial charge on any atom is -0.376 e. The van der Waals surface area contributed by atoms with Crippen LogP contribution < -0.4 is 0 Å². The van der Waals surface area contributed by atoms with Crippen molar-refractivity contribution in [1.82, 2.24) is 0 Å². The van der Waals surface area contributed by atoms with Gasteiger partial charge in [-0.2, -0.15) is 0 Å². The van der Waals surface area contributed by atoms with Crippen LogP contribution in [0.2, 0.25) is 0 Å². The molecule has 2 nitrogen and oxygen atoms in total. The van der Waals surface area contributed by atoms with Gasteiger partial charge in [0.2, 0.25) is 0 Å². The second-order valence-electron chi connectivity index (χ2n) is 2.05. The molecule has 0 bridgehead atoms. The molecule has 0 N–H and O–H groups in total. The van der Waals surface area contributed by atoms with E-state index >= 15 is 0 Å². The van der Waals surface area contributed by atoms with E-state index in [1.165, 1.54) is 0 Å². The van der Waals surface area contributed by atoms with E-state index in [4.69, 9.17) is 21.1 Å². The second-order valence-corrected chi connectivity index (χ2v) is 2.42. The summed E-state index contributed by atoms with van der Waals surface area (Å²) in [5.41, 5.74) is 0. The molecule has 3 heteroatoms. The Morgan fingerprint density at radius 1 is 1.44 bits per heavy atom. The molecule has 1 fully saturated rings. The van der Waals surface area contributed by atoms with Crippen LogP contribution in [0.5, 0.6) is 0 Å². The Kier molecular flexibility index (Phi) is 3.33. The first-order chi connectivity index (χ1) is 4.43. The molecule has 54 valence electrons. The summed E-state index contributed by atoms with van der Waals surface area (Å²) in [5.74, 6) is 0.661. The van der Waals surface area contributed by atoms with Gasteiger partial charge in [-0.3, -0.25) is 0 Å². The molecule has 1 aliphatic heterocycles. The van der Waals surface area contributed by atoms with Crippen molar-refractivity contribution in [3.63, 3.8) is 0 Å². The molecule has 0 radical (unpaired) electrons. The first kappa shape index (κ1) is 7.32. The molecule has 1 unspecified atom stereocenters. The van der Waals surface area contributed by atoms with Crippen molar-refractivity contribution in [1.29, 1.82) is 0 Å². The van der Waals surface area contributed by atoms with Gasteiger partial charge in [0, 0.05) is 5.88 Å². The van der Waals surface area contributed by atoms with Gasteiger partial charge in [0.15, 0.2) is 0 Å². The van der Waals surface area contributed by atoms with Gasteiger partial charge in [0.25, 0.3) is 0 Å². The maximum atomic E-state index is 5.50. The molecule has 0 aromatic carbocycles. The fraction of sp³-hybridized carbons (Fsp3) is 1.00. The van der Waals surface area contributed by atoms with Crippen LogP contribution >= 0.6 is 11.6 Å². The van der Waals surface area contributed by atoms with Gasteiger partial charge in [-0.25, -0.2) is 0 Å². The maximum absolute atomic E-state index is 5.50. The van der Waals surface area contributed by atoms with Gasteiger partial charge in [0.05, 0.1) is 25.9 Å². The standard InChI is InChI=1S/C6H11ClO2/c7-2-1-6-5-8-3-4-9-6/h6H,1-5H2. The quantitative estimate of drug-likeness (QED) is 0.548. The predicted molar refractivity (Wildman–Crippen MR) is 35.9 cm³/mol. The minimum atomic E-state index is 0.247. The second kappa shape index (κ2) is 4.09. The van der Waals surface area contributed by atoms with Gasteiger partial charge in [0.1, 0.15) is 0 Å². The highest BCUT2D eigenvalue weighted by molar-refractivity contribution is 6.17. The van der Waals surface area contributed by atoms with E-state index in [0.717, 1.165) is 19.6 Å². The van der Waals surface area contributed by atoms with Crippen LogP contribution in [0.4, 0.5) is 0 Å². The van der Waals surface area contributed by atoms with Crippen LogP contribution in [0.25, 0.3) is 0 Å². The Labute approximate surface area is 60.1 Å². The van der Waals surface area contributed by atoms with Crippen LogP contribution in [0.1, 0.15) is 6.42 Å². The minimum absolute atomic E-state index is 0.247. The lowest BCUT2D eigenvalue weighted by Gasteiger charge is -2.21. The Morgan fingerprint density at radius 2 is 2.33 bits per heavy atom. The molecule has 0 spiro atoms. The van der Waals surface area contributed by atoms with Crippen LogP contribution in [0, 0.1) is 0 Å². The Morgan fingerprint density at radius 3 is 2.89 bits per heavy atom. The van der Waals surface area contributed by atoms with Gasteiger partial charge in [-0.15, -0.1) is 11.6 Å². The summed E-state index contributed by atoms with van der Waals surface area (Å²) in [7, 11) is 0. The number of hydrogen-bond acceptors (Lipinski definition) is 2. The SMILES string of the molecule is ClCCC1COCCO1. The zero-order valence-electron chi connectivity index (χ0n) is 5.31. The van der Waals surface area contributed by atoms with Crippen molar-refractivity contribution in [2.24, 2.45) is 0 Å². The molecule has 0 aromatic rings. The van der Waals surface area contributed by atoms with Crippen LogP contribution in [-0.4, -0.2) is 31.8 Å². The topological polar surface area (TPSA) is 18.5 Å². The Hall–Kier alpha value is 0.210. The monoisotopic (exact) mass is 150 g/mol. The third-order valence-corrected chi connectivity index (χ3v) is 1.53. The molecular weight excluding hydrogens is 140 g/mol. The van der Waals surface area contributed by atoms with Gasteiger partial charge < -0.3 is 9.47 Å². The highest BCUT2D eigenvalue weighted by Gasteiger charge is 2.12.